The molecule has 4 rings (SSSR count). The summed E-state index contributed by atoms with van der Waals surface area (Å²) >= 11 is 0. The zero-order chi connectivity index (χ0) is 19.8. The predicted molar refractivity (Wildman–Crippen MR) is 103 cm³/mol. The summed E-state index contributed by atoms with van der Waals surface area (Å²) < 4.78 is 13.0. The first-order valence-corrected chi connectivity index (χ1v) is 9.05. The van der Waals surface area contributed by atoms with Gasteiger partial charge in [0.05, 0.1) is 18.5 Å². The molecule has 0 atom stereocenters. The lowest BCUT2D eigenvalue weighted by Gasteiger charge is -2.28. The molecule has 1 N–H and O–H groups in total. The number of nitrogens with zero attached hydrogens (tertiary/aromatic N) is 4. The van der Waals surface area contributed by atoms with E-state index in [0.717, 1.165) is 30.3 Å². The molecule has 0 saturated heterocycles. The first kappa shape index (κ1) is 18.0. The Morgan fingerprint density at radius 3 is 2.75 bits per heavy atom. The van der Waals surface area contributed by atoms with Crippen LogP contribution < -0.4 is 15.6 Å². The largest absolute Gasteiger partial charge is 0.514 e. The van der Waals surface area contributed by atoms with Gasteiger partial charge in [-0.3, -0.25) is 9.36 Å². The highest BCUT2D eigenvalue weighted by molar-refractivity contribution is 5.79. The van der Waals surface area contributed by atoms with Crippen molar-refractivity contribution in [2.45, 2.75) is 32.2 Å². The number of methoxy groups -OCH3 is 1. The van der Waals surface area contributed by atoms with Gasteiger partial charge in [0.1, 0.15) is 5.65 Å². The average Bonchev–Trinajstić information content (AvgIpc) is 2.94. The van der Waals surface area contributed by atoms with Gasteiger partial charge in [0, 0.05) is 36.8 Å². The fraction of sp³-hybridized carbons (Fsp3) is 0.368. The summed E-state index contributed by atoms with van der Waals surface area (Å²) in [5, 5.41) is 3.98. The Morgan fingerprint density at radius 2 is 2.07 bits per heavy atom. The fourth-order valence-electron chi connectivity index (χ4n) is 3.31. The van der Waals surface area contributed by atoms with E-state index < -0.39 is 6.16 Å². The number of aryl methyl sites for hydroxylation is 2. The monoisotopic (exact) mass is 383 g/mol. The summed E-state index contributed by atoms with van der Waals surface area (Å²) in [6, 6.07) is 5.19. The Balaban J connectivity index is 1.71. The van der Waals surface area contributed by atoms with Crippen molar-refractivity contribution in [1.29, 1.82) is 0 Å². The van der Waals surface area contributed by atoms with Gasteiger partial charge in [-0.05, 0) is 32.3 Å². The number of anilines is 2. The van der Waals surface area contributed by atoms with Crippen molar-refractivity contribution in [3.8, 4) is 5.88 Å². The van der Waals surface area contributed by atoms with E-state index in [4.69, 9.17) is 4.74 Å². The van der Waals surface area contributed by atoms with Gasteiger partial charge in [0.2, 0.25) is 11.8 Å². The molecule has 0 spiro atoms. The van der Waals surface area contributed by atoms with Crippen molar-refractivity contribution < 1.29 is 14.3 Å². The van der Waals surface area contributed by atoms with Gasteiger partial charge >= 0.3 is 6.16 Å². The van der Waals surface area contributed by atoms with Crippen LogP contribution in [-0.2, 0) is 11.8 Å². The van der Waals surface area contributed by atoms with Gasteiger partial charge < -0.3 is 19.4 Å². The SMILES string of the molecule is COC(=O)Oc1cc(Nc2nc(C)c3ccc(=O)n(C4CCC4)c3n2)cn1C. The molecular weight excluding hydrogens is 362 g/mol. The van der Waals surface area contributed by atoms with Crippen molar-refractivity contribution in [3.63, 3.8) is 0 Å². The molecule has 9 nitrogen and oxygen atoms in total. The molecule has 3 heterocycles. The van der Waals surface area contributed by atoms with Gasteiger partial charge in [0.25, 0.3) is 5.56 Å². The Labute approximate surface area is 160 Å². The van der Waals surface area contributed by atoms with Gasteiger partial charge in [-0.25, -0.2) is 9.78 Å². The second kappa shape index (κ2) is 6.99. The minimum atomic E-state index is -0.796. The average molecular weight is 383 g/mol. The number of carbonyl (C=O) groups excluding carboxylic acids is 1. The van der Waals surface area contributed by atoms with E-state index in [1.165, 1.54) is 7.11 Å². The Morgan fingerprint density at radius 1 is 1.29 bits per heavy atom. The van der Waals surface area contributed by atoms with Crippen molar-refractivity contribution in [3.05, 3.63) is 40.4 Å². The van der Waals surface area contributed by atoms with Crippen molar-refractivity contribution >= 4 is 28.8 Å². The second-order valence-electron chi connectivity index (χ2n) is 6.86. The lowest BCUT2D eigenvalue weighted by molar-refractivity contribution is 0.118. The molecular formula is C19H21N5O4. The molecule has 146 valence electrons. The third kappa shape index (κ3) is 3.19. The summed E-state index contributed by atoms with van der Waals surface area (Å²) in [5.41, 5.74) is 2.01. The maximum atomic E-state index is 12.4. The maximum Gasteiger partial charge on any atom is 0.514 e. The maximum absolute atomic E-state index is 12.4. The minimum Gasteiger partial charge on any atom is -0.437 e. The topological polar surface area (TPSA) is 100 Å². The first-order chi connectivity index (χ1) is 13.5. The van der Waals surface area contributed by atoms with E-state index in [1.807, 2.05) is 6.92 Å². The molecule has 3 aromatic heterocycles. The predicted octanol–water partition coefficient (Wildman–Crippen LogP) is 3.05. The van der Waals surface area contributed by atoms with Crippen LogP contribution in [0.15, 0.2) is 29.2 Å². The smallest absolute Gasteiger partial charge is 0.437 e. The van der Waals surface area contributed by atoms with Gasteiger partial charge in [-0.1, -0.05) is 0 Å². The summed E-state index contributed by atoms with van der Waals surface area (Å²) in [7, 11) is 2.99. The Hall–Kier alpha value is -3.36. The standard InChI is InChI=1S/C19H21N5O4/c1-11-14-7-8-15(25)24(13-5-4-6-13)17(14)22-18(20-11)21-12-9-16(23(2)10-12)28-19(26)27-3/h7-10,13H,4-6H2,1-3H3,(H,20,21,22). The zero-order valence-electron chi connectivity index (χ0n) is 15.9. The number of aromatic nitrogens is 4. The van der Waals surface area contributed by atoms with Crippen LogP contribution in [0.3, 0.4) is 0 Å². The van der Waals surface area contributed by atoms with Crippen LogP contribution in [0.1, 0.15) is 31.0 Å². The van der Waals surface area contributed by atoms with Crippen LogP contribution in [0.4, 0.5) is 16.4 Å². The molecule has 0 unspecified atom stereocenters. The lowest BCUT2D eigenvalue weighted by Crippen LogP contribution is -2.29. The number of fused-ring (bicyclic) bond motifs is 1. The van der Waals surface area contributed by atoms with E-state index in [9.17, 15) is 9.59 Å². The van der Waals surface area contributed by atoms with Crippen molar-refractivity contribution in [2.24, 2.45) is 7.05 Å². The first-order valence-electron chi connectivity index (χ1n) is 9.05. The fourth-order valence-corrected chi connectivity index (χ4v) is 3.31. The van der Waals surface area contributed by atoms with Crippen LogP contribution in [0, 0.1) is 6.92 Å². The molecule has 0 aromatic carbocycles. The van der Waals surface area contributed by atoms with Crippen LogP contribution >= 0.6 is 0 Å². The summed E-state index contributed by atoms with van der Waals surface area (Å²) in [6.45, 7) is 1.89. The normalized spacial score (nSPS) is 14.0. The molecule has 0 aliphatic heterocycles. The number of ether oxygens (including phenoxy) is 2. The van der Waals surface area contributed by atoms with E-state index in [-0.39, 0.29) is 11.6 Å². The molecule has 28 heavy (non-hydrogen) atoms. The second-order valence-corrected chi connectivity index (χ2v) is 6.86. The molecule has 0 amide bonds. The molecule has 3 aromatic rings. The van der Waals surface area contributed by atoms with E-state index in [0.29, 0.717) is 23.2 Å². The molecule has 1 aliphatic rings. The Bertz CT molecular complexity index is 1110. The number of rotatable bonds is 4. The van der Waals surface area contributed by atoms with Gasteiger partial charge in [0.15, 0.2) is 0 Å². The van der Waals surface area contributed by atoms with Crippen LogP contribution in [-0.4, -0.2) is 32.4 Å². The van der Waals surface area contributed by atoms with Crippen LogP contribution in [0.25, 0.3) is 11.0 Å². The van der Waals surface area contributed by atoms with E-state index in [2.05, 4.69) is 20.0 Å². The minimum absolute atomic E-state index is 0.0466. The highest BCUT2D eigenvalue weighted by Gasteiger charge is 2.23. The van der Waals surface area contributed by atoms with E-state index >= 15 is 0 Å². The third-order valence-electron chi connectivity index (χ3n) is 4.98. The molecule has 0 radical (unpaired) electrons. The highest BCUT2D eigenvalue weighted by atomic mass is 16.7. The molecule has 1 saturated carbocycles. The molecule has 0 bridgehead atoms. The van der Waals surface area contributed by atoms with Crippen molar-refractivity contribution in [1.82, 2.24) is 19.1 Å². The summed E-state index contributed by atoms with van der Waals surface area (Å²) in [5.74, 6) is 0.692. The number of hydrogen-bond donors (Lipinski definition) is 1. The van der Waals surface area contributed by atoms with Crippen molar-refractivity contribution in [2.75, 3.05) is 12.4 Å². The van der Waals surface area contributed by atoms with Crippen LogP contribution in [0.2, 0.25) is 0 Å². The Kier molecular flexibility index (Phi) is 4.50. The number of hydrogen-bond acceptors (Lipinski definition) is 7. The van der Waals surface area contributed by atoms with E-state index in [1.54, 1.807) is 40.6 Å². The summed E-state index contributed by atoms with van der Waals surface area (Å²) in [4.78, 5) is 32.9. The molecule has 1 fully saturated rings. The summed E-state index contributed by atoms with van der Waals surface area (Å²) in [6.07, 6.45) is 4.03. The third-order valence-corrected chi connectivity index (χ3v) is 4.98. The highest BCUT2D eigenvalue weighted by Crippen LogP contribution is 2.33. The van der Waals surface area contributed by atoms with Gasteiger partial charge in [-0.2, -0.15) is 4.98 Å². The lowest BCUT2D eigenvalue weighted by atomic mass is 9.92. The quantitative estimate of drug-likeness (QED) is 0.691. The molecule has 1 aliphatic carbocycles. The van der Waals surface area contributed by atoms with Gasteiger partial charge in [-0.15, -0.1) is 0 Å². The zero-order valence-corrected chi connectivity index (χ0v) is 15.9. The number of nitrogens with one attached hydrogen (secondary N) is 1. The number of carbonyl (C=O) groups is 1. The molecule has 9 heteroatoms. The van der Waals surface area contributed by atoms with Crippen LogP contribution in [0.5, 0.6) is 5.88 Å². The number of pyridine rings is 1.